The second kappa shape index (κ2) is 10.0. The molecule has 0 unspecified atom stereocenters. The molecule has 0 radical (unpaired) electrons. The molecule has 2 aliphatic heterocycles. The maximum Gasteiger partial charge on any atom is 0.184 e. The van der Waals surface area contributed by atoms with Gasteiger partial charge in [0.05, 0.1) is 13.1 Å². The van der Waals surface area contributed by atoms with Gasteiger partial charge in [0, 0.05) is 12.8 Å². The second-order valence-corrected chi connectivity index (χ2v) is 8.30. The van der Waals surface area contributed by atoms with E-state index in [0.29, 0.717) is 25.3 Å². The molecule has 2 heterocycles. The van der Waals surface area contributed by atoms with Crippen LogP contribution in [0.4, 0.5) is 0 Å². The summed E-state index contributed by atoms with van der Waals surface area (Å²) < 4.78 is 23.9. The highest BCUT2D eigenvalue weighted by Crippen LogP contribution is 2.32. The molecule has 6 heteroatoms. The maximum atomic E-state index is 6.11. The topological polar surface area (TPSA) is 70.1 Å². The van der Waals surface area contributed by atoms with E-state index in [1.165, 1.54) is 12.8 Å². The van der Waals surface area contributed by atoms with E-state index in [9.17, 15) is 0 Å². The van der Waals surface area contributed by atoms with E-state index in [2.05, 4.69) is 24.5 Å². The lowest BCUT2D eigenvalue weighted by molar-refractivity contribution is -0.701. The zero-order valence-electron chi connectivity index (χ0n) is 18.0. The predicted molar refractivity (Wildman–Crippen MR) is 114 cm³/mol. The molecule has 2 aromatic carbocycles. The average Bonchev–Trinajstić information content (AvgIpc) is 2.80. The van der Waals surface area contributed by atoms with Gasteiger partial charge in [-0.05, 0) is 38.1 Å². The molecule has 6 nitrogen and oxygen atoms in total. The number of fused-ring (bicyclic) bond motifs is 2. The molecule has 162 valence electrons. The monoisotopic (exact) mass is 414 g/mol. The number of quaternary nitrogens is 2. The first-order valence-corrected chi connectivity index (χ1v) is 11.1. The van der Waals surface area contributed by atoms with Crippen LogP contribution in [0.5, 0.6) is 23.0 Å². The van der Waals surface area contributed by atoms with E-state index >= 15 is 0 Å². The summed E-state index contributed by atoms with van der Waals surface area (Å²) in [4.78, 5) is 0. The van der Waals surface area contributed by atoms with Gasteiger partial charge in [-0.1, -0.05) is 24.3 Å². The molecule has 30 heavy (non-hydrogen) atoms. The standard InChI is InChI=1S/C24H32N2O4/c1-17(23-15-27-19-9-3-5-11-21(19)29-23)25-13-7-8-14-26-18(2)24-16-28-20-10-4-6-12-22(20)30-24/h3-6,9-12,17-18,23-26H,7-8,13-16H2,1-2H3/p+2/t17-,18+,23-,24-/m0/s1. The van der Waals surface area contributed by atoms with E-state index in [-0.39, 0.29) is 12.2 Å². The van der Waals surface area contributed by atoms with Crippen LogP contribution in [0.15, 0.2) is 48.5 Å². The zero-order chi connectivity index (χ0) is 20.8. The highest BCUT2D eigenvalue weighted by molar-refractivity contribution is 5.41. The fourth-order valence-electron chi connectivity index (χ4n) is 3.94. The molecule has 0 amide bonds. The molecule has 2 aromatic rings. The van der Waals surface area contributed by atoms with E-state index in [0.717, 1.165) is 36.1 Å². The Morgan fingerprint density at radius 3 is 1.53 bits per heavy atom. The van der Waals surface area contributed by atoms with Crippen LogP contribution in [0.3, 0.4) is 0 Å². The van der Waals surface area contributed by atoms with Crippen molar-refractivity contribution >= 4 is 0 Å². The third kappa shape index (κ3) is 5.18. The van der Waals surface area contributed by atoms with Crippen molar-refractivity contribution in [2.75, 3.05) is 26.3 Å². The summed E-state index contributed by atoms with van der Waals surface area (Å²) in [5, 5.41) is 4.75. The van der Waals surface area contributed by atoms with Crippen molar-refractivity contribution in [2.24, 2.45) is 0 Å². The first-order valence-electron chi connectivity index (χ1n) is 11.1. The van der Waals surface area contributed by atoms with E-state index < -0.39 is 0 Å². The Labute approximate surface area is 178 Å². The number of nitrogens with two attached hydrogens (primary N) is 2. The SMILES string of the molecule is C[C@H]([NH2+]CCCC[NH2+][C@H](C)[C@@H]1COc2ccccc2O1)[C@@H]1COc2ccccc2O1. The van der Waals surface area contributed by atoms with Gasteiger partial charge in [0.25, 0.3) is 0 Å². The molecule has 4 N–H and O–H groups in total. The van der Waals surface area contributed by atoms with E-state index in [1.54, 1.807) is 0 Å². The van der Waals surface area contributed by atoms with Crippen LogP contribution in [0.25, 0.3) is 0 Å². The summed E-state index contributed by atoms with van der Waals surface area (Å²) in [5.74, 6) is 3.41. The van der Waals surface area contributed by atoms with Gasteiger partial charge in [-0.3, -0.25) is 0 Å². The van der Waals surface area contributed by atoms with Gasteiger partial charge < -0.3 is 29.6 Å². The van der Waals surface area contributed by atoms with Crippen LogP contribution < -0.4 is 29.6 Å². The van der Waals surface area contributed by atoms with Crippen LogP contribution in [-0.4, -0.2) is 50.6 Å². The zero-order valence-corrected chi connectivity index (χ0v) is 18.0. The Morgan fingerprint density at radius 1 is 0.700 bits per heavy atom. The van der Waals surface area contributed by atoms with Crippen molar-refractivity contribution in [3.63, 3.8) is 0 Å². The quantitative estimate of drug-likeness (QED) is 0.608. The van der Waals surface area contributed by atoms with Gasteiger partial charge in [-0.2, -0.15) is 0 Å². The minimum absolute atomic E-state index is 0.0952. The Morgan fingerprint density at radius 2 is 1.10 bits per heavy atom. The molecule has 2 aliphatic rings. The number of para-hydroxylation sites is 4. The van der Waals surface area contributed by atoms with Gasteiger partial charge in [0.15, 0.2) is 35.2 Å². The largest absolute Gasteiger partial charge is 0.486 e. The molecule has 4 atom stereocenters. The van der Waals surface area contributed by atoms with Crippen molar-refractivity contribution in [1.82, 2.24) is 0 Å². The molecule has 0 aliphatic carbocycles. The summed E-state index contributed by atoms with van der Waals surface area (Å²) in [6, 6.07) is 16.5. The summed E-state index contributed by atoms with van der Waals surface area (Å²) in [5.41, 5.74) is 0. The van der Waals surface area contributed by atoms with Crippen LogP contribution in [-0.2, 0) is 0 Å². The number of hydrogen-bond donors (Lipinski definition) is 2. The van der Waals surface area contributed by atoms with Gasteiger partial charge in [-0.25, -0.2) is 0 Å². The molecule has 4 rings (SSSR count). The Balaban J connectivity index is 1.10. The maximum absolute atomic E-state index is 6.11. The summed E-state index contributed by atoms with van der Waals surface area (Å²) in [6.45, 7) is 7.87. The fourth-order valence-corrected chi connectivity index (χ4v) is 3.94. The number of rotatable bonds is 9. The third-order valence-electron chi connectivity index (χ3n) is 5.97. The number of hydrogen-bond acceptors (Lipinski definition) is 4. The molecule has 0 saturated carbocycles. The highest BCUT2D eigenvalue weighted by Gasteiger charge is 2.29. The molecule has 0 bridgehead atoms. The Bertz CT molecular complexity index is 748. The van der Waals surface area contributed by atoms with Gasteiger partial charge >= 0.3 is 0 Å². The Hall–Kier alpha value is -2.44. The average molecular weight is 415 g/mol. The van der Waals surface area contributed by atoms with E-state index in [4.69, 9.17) is 18.9 Å². The predicted octanol–water partition coefficient (Wildman–Crippen LogP) is 1.35. The van der Waals surface area contributed by atoms with Crippen molar-refractivity contribution in [3.8, 4) is 23.0 Å². The summed E-state index contributed by atoms with van der Waals surface area (Å²) >= 11 is 0. The Kier molecular flexibility index (Phi) is 6.97. The van der Waals surface area contributed by atoms with Crippen molar-refractivity contribution in [1.29, 1.82) is 0 Å². The van der Waals surface area contributed by atoms with Crippen LogP contribution in [0, 0.1) is 0 Å². The lowest BCUT2D eigenvalue weighted by atomic mass is 10.1. The lowest BCUT2D eigenvalue weighted by Crippen LogP contribution is -2.93. The van der Waals surface area contributed by atoms with Crippen LogP contribution >= 0.6 is 0 Å². The smallest absolute Gasteiger partial charge is 0.184 e. The first kappa shape index (κ1) is 20.8. The van der Waals surface area contributed by atoms with Crippen molar-refractivity contribution in [3.05, 3.63) is 48.5 Å². The minimum atomic E-state index is 0.0952. The molecule has 0 saturated heterocycles. The van der Waals surface area contributed by atoms with Gasteiger partial charge in [0.2, 0.25) is 0 Å². The minimum Gasteiger partial charge on any atom is -0.486 e. The third-order valence-corrected chi connectivity index (χ3v) is 5.97. The normalized spacial score (nSPS) is 21.7. The van der Waals surface area contributed by atoms with Crippen molar-refractivity contribution < 1.29 is 29.6 Å². The van der Waals surface area contributed by atoms with Gasteiger partial charge in [-0.15, -0.1) is 0 Å². The van der Waals surface area contributed by atoms with Gasteiger partial charge in [0.1, 0.15) is 25.3 Å². The van der Waals surface area contributed by atoms with Crippen LogP contribution in [0.1, 0.15) is 26.7 Å². The summed E-state index contributed by atoms with van der Waals surface area (Å²) in [7, 11) is 0. The summed E-state index contributed by atoms with van der Waals surface area (Å²) in [6.07, 6.45) is 2.56. The van der Waals surface area contributed by atoms with Crippen molar-refractivity contribution in [2.45, 2.75) is 51.0 Å². The van der Waals surface area contributed by atoms with Crippen LogP contribution in [0.2, 0.25) is 0 Å². The number of unbranched alkanes of at least 4 members (excludes halogenated alkanes) is 1. The second-order valence-electron chi connectivity index (χ2n) is 8.30. The molecular formula is C24H34N2O4+2. The first-order chi connectivity index (χ1) is 14.7. The molecule has 0 fully saturated rings. The lowest BCUT2D eigenvalue weighted by Gasteiger charge is -2.29. The van der Waals surface area contributed by atoms with E-state index in [1.807, 2.05) is 48.5 Å². The fraction of sp³-hybridized carbons (Fsp3) is 0.500. The number of ether oxygens (including phenoxy) is 4. The molecule has 0 spiro atoms. The highest BCUT2D eigenvalue weighted by atomic mass is 16.6. The number of benzene rings is 2. The molecular weight excluding hydrogens is 380 g/mol. The molecule has 0 aromatic heterocycles.